The Kier molecular flexibility index (Phi) is 2.12. The first kappa shape index (κ1) is 6.34. The highest BCUT2D eigenvalue weighted by molar-refractivity contribution is 6.57. The lowest BCUT2D eigenvalue weighted by atomic mass is 10.1. The van der Waals surface area contributed by atoms with Crippen molar-refractivity contribution in [1.29, 1.82) is 0 Å². The van der Waals surface area contributed by atoms with E-state index in [1.54, 1.807) is 12.1 Å². The lowest BCUT2D eigenvalue weighted by Crippen LogP contribution is -2.15. The molecule has 0 saturated carbocycles. The normalized spacial score (nSPS) is 39.8. The van der Waals surface area contributed by atoms with E-state index in [2.05, 4.69) is 13.5 Å². The minimum absolute atomic E-state index is 0.133. The summed E-state index contributed by atoms with van der Waals surface area (Å²) in [5.41, 5.74) is 0. The van der Waals surface area contributed by atoms with E-state index in [0.717, 1.165) is 5.92 Å². The Labute approximate surface area is 53.9 Å². The molecule has 1 fully saturated rings. The van der Waals surface area contributed by atoms with Gasteiger partial charge in [0, 0.05) is 8.80 Å². The van der Waals surface area contributed by atoms with Crippen LogP contribution in [0.3, 0.4) is 0 Å². The van der Waals surface area contributed by atoms with Crippen LogP contribution in [0, 0.1) is 5.92 Å². The Morgan fingerprint density at radius 2 is 1.75 bits per heavy atom. The maximum absolute atomic E-state index is 2.51. The molecule has 0 amide bonds. The molecule has 1 rings (SSSR count). The summed E-state index contributed by atoms with van der Waals surface area (Å²) in [6.45, 7) is 4.89. The topological polar surface area (TPSA) is 0 Å². The summed E-state index contributed by atoms with van der Waals surface area (Å²) in [6.07, 6.45) is 3.07. The second-order valence-corrected chi connectivity index (χ2v) is 6.73. The highest BCUT2D eigenvalue weighted by Gasteiger charge is 2.14. The third-order valence-electron chi connectivity index (χ3n) is 2.30. The Morgan fingerprint density at radius 1 is 1.25 bits per heavy atom. The zero-order chi connectivity index (χ0) is 5.98. The van der Waals surface area contributed by atoms with E-state index < -0.39 is 0 Å². The second kappa shape index (κ2) is 2.67. The molecule has 0 N–H and O–H groups in total. The molecule has 0 spiro atoms. The molecule has 1 aliphatic rings. The average Bonchev–Trinajstić information content (AvgIpc) is 1.77. The van der Waals surface area contributed by atoms with Crippen molar-refractivity contribution in [2.75, 3.05) is 0 Å². The molecule has 0 aromatic rings. The molecule has 1 aliphatic heterocycles. The minimum atomic E-state index is -0.133. The maximum atomic E-state index is 2.51. The second-order valence-electron chi connectivity index (χ2n) is 3.37. The van der Waals surface area contributed by atoms with E-state index in [9.17, 15) is 0 Å². The number of rotatable bonds is 0. The molecule has 0 aromatic heterocycles. The van der Waals surface area contributed by atoms with E-state index in [1.165, 1.54) is 12.8 Å². The summed E-state index contributed by atoms with van der Waals surface area (Å²) in [5.74, 6) is 1.05. The molecular weight excluding hydrogens is 112 g/mol. The molecule has 1 saturated heterocycles. The molecule has 1 heteroatoms. The molecule has 0 bridgehead atoms. The number of hydrogen-bond donors (Lipinski definition) is 0. The van der Waals surface area contributed by atoms with Gasteiger partial charge in [0.15, 0.2) is 0 Å². The molecule has 0 aromatic carbocycles. The van der Waals surface area contributed by atoms with Gasteiger partial charge in [-0.3, -0.25) is 0 Å². The quantitative estimate of drug-likeness (QED) is 0.439. The first-order chi connectivity index (χ1) is 3.79. The van der Waals surface area contributed by atoms with E-state index in [0.29, 0.717) is 0 Å². The van der Waals surface area contributed by atoms with Gasteiger partial charge in [0.25, 0.3) is 0 Å². The fourth-order valence-electron chi connectivity index (χ4n) is 1.43. The third kappa shape index (κ3) is 1.62. The lowest BCUT2D eigenvalue weighted by Gasteiger charge is -2.21. The molecule has 0 atom stereocenters. The van der Waals surface area contributed by atoms with Crippen LogP contribution in [0.25, 0.3) is 0 Å². The van der Waals surface area contributed by atoms with Crippen molar-refractivity contribution >= 4 is 8.80 Å². The van der Waals surface area contributed by atoms with E-state index in [4.69, 9.17) is 0 Å². The molecule has 0 aliphatic carbocycles. The van der Waals surface area contributed by atoms with E-state index in [1.807, 2.05) is 0 Å². The van der Waals surface area contributed by atoms with Crippen molar-refractivity contribution in [2.24, 2.45) is 5.92 Å². The zero-order valence-corrected chi connectivity index (χ0v) is 7.14. The van der Waals surface area contributed by atoms with Gasteiger partial charge >= 0.3 is 0 Å². The third-order valence-corrected chi connectivity index (χ3v) is 4.94. The highest BCUT2D eigenvalue weighted by Crippen LogP contribution is 2.23. The number of hydrogen-bond acceptors (Lipinski definition) is 0. The first-order valence-electron chi connectivity index (χ1n) is 3.79. The average molecular weight is 128 g/mol. The van der Waals surface area contributed by atoms with Crippen LogP contribution in [-0.2, 0) is 0 Å². The Bertz CT molecular complexity index is 52.8. The van der Waals surface area contributed by atoms with Crippen molar-refractivity contribution in [3.05, 3.63) is 0 Å². The van der Waals surface area contributed by atoms with Gasteiger partial charge in [0.1, 0.15) is 0 Å². The van der Waals surface area contributed by atoms with Crippen LogP contribution < -0.4 is 0 Å². The van der Waals surface area contributed by atoms with Crippen LogP contribution in [0.4, 0.5) is 0 Å². The van der Waals surface area contributed by atoms with Gasteiger partial charge in [-0.25, -0.2) is 0 Å². The molecule has 8 heavy (non-hydrogen) atoms. The van der Waals surface area contributed by atoms with Crippen molar-refractivity contribution < 1.29 is 0 Å². The van der Waals surface area contributed by atoms with Crippen LogP contribution in [0.5, 0.6) is 0 Å². The van der Waals surface area contributed by atoms with Gasteiger partial charge in [-0.05, 0) is 5.92 Å². The van der Waals surface area contributed by atoms with Crippen LogP contribution in [0.1, 0.15) is 19.8 Å². The summed E-state index contributed by atoms with van der Waals surface area (Å²) in [4.78, 5) is 0. The lowest BCUT2D eigenvalue weighted by molar-refractivity contribution is 0.518. The summed E-state index contributed by atoms with van der Waals surface area (Å²) >= 11 is 0. The summed E-state index contributed by atoms with van der Waals surface area (Å²) in [7, 11) is -0.133. The Morgan fingerprint density at radius 3 is 2.12 bits per heavy atom. The molecule has 0 nitrogen and oxygen atoms in total. The first-order valence-corrected chi connectivity index (χ1v) is 6.58. The van der Waals surface area contributed by atoms with Gasteiger partial charge < -0.3 is 0 Å². The van der Waals surface area contributed by atoms with Gasteiger partial charge in [0.05, 0.1) is 0 Å². The predicted molar refractivity (Wildman–Crippen MR) is 41.0 cm³/mol. The molecule has 0 radical (unpaired) electrons. The smallest absolute Gasteiger partial charge is 0.0336 e. The summed E-state index contributed by atoms with van der Waals surface area (Å²) < 4.78 is 0. The SMILES string of the molecule is CC1CC[SiH](C)CC1. The molecule has 1 heterocycles. The standard InChI is InChI=1S/C7H16Si/c1-7-3-5-8(2)6-4-7/h7-8H,3-6H2,1-2H3. The fraction of sp³-hybridized carbons (Fsp3) is 1.00. The van der Waals surface area contributed by atoms with E-state index >= 15 is 0 Å². The van der Waals surface area contributed by atoms with Gasteiger partial charge in [-0.2, -0.15) is 0 Å². The van der Waals surface area contributed by atoms with Crippen molar-refractivity contribution in [3.8, 4) is 0 Å². The van der Waals surface area contributed by atoms with Crippen molar-refractivity contribution in [1.82, 2.24) is 0 Å². The largest absolute Gasteiger partial charge is 0.0720 e. The summed E-state index contributed by atoms with van der Waals surface area (Å²) in [5, 5.41) is 0. The van der Waals surface area contributed by atoms with Crippen LogP contribution in [-0.4, -0.2) is 8.80 Å². The molecule has 48 valence electrons. The fourth-order valence-corrected chi connectivity index (χ4v) is 3.99. The van der Waals surface area contributed by atoms with Crippen LogP contribution in [0.15, 0.2) is 0 Å². The maximum Gasteiger partial charge on any atom is 0.0336 e. The summed E-state index contributed by atoms with van der Waals surface area (Å²) in [6, 6.07) is 3.22. The molecule has 0 unspecified atom stereocenters. The Balaban J connectivity index is 2.19. The predicted octanol–water partition coefficient (Wildman–Crippen LogP) is 2.27. The van der Waals surface area contributed by atoms with Gasteiger partial charge in [-0.1, -0.05) is 38.4 Å². The van der Waals surface area contributed by atoms with Gasteiger partial charge in [0.2, 0.25) is 0 Å². The van der Waals surface area contributed by atoms with Gasteiger partial charge in [-0.15, -0.1) is 0 Å². The van der Waals surface area contributed by atoms with E-state index in [-0.39, 0.29) is 8.80 Å². The van der Waals surface area contributed by atoms with Crippen molar-refractivity contribution in [2.45, 2.75) is 38.4 Å². The monoisotopic (exact) mass is 128 g/mol. The minimum Gasteiger partial charge on any atom is -0.0720 e. The highest BCUT2D eigenvalue weighted by atomic mass is 28.3. The van der Waals surface area contributed by atoms with Crippen LogP contribution in [0.2, 0.25) is 18.6 Å². The van der Waals surface area contributed by atoms with Crippen molar-refractivity contribution in [3.63, 3.8) is 0 Å². The molecular formula is C7H16Si. The van der Waals surface area contributed by atoms with Crippen LogP contribution >= 0.6 is 0 Å². The zero-order valence-electron chi connectivity index (χ0n) is 5.98. The Hall–Kier alpha value is 0.217.